The van der Waals surface area contributed by atoms with Crippen molar-refractivity contribution in [2.24, 2.45) is 0 Å². The summed E-state index contributed by atoms with van der Waals surface area (Å²) in [6.07, 6.45) is 0. The highest BCUT2D eigenvalue weighted by molar-refractivity contribution is 8.00. The number of rotatable bonds is 11. The maximum atomic E-state index is 14.2. The molecule has 1 amide bonds. The molecule has 1 N–H and O–H groups in total. The van der Waals surface area contributed by atoms with Crippen LogP contribution in [0.25, 0.3) is 5.76 Å². The number of aromatic nitrogens is 2. The highest BCUT2D eigenvalue weighted by Crippen LogP contribution is 2.44. The second-order valence-electron chi connectivity index (χ2n) is 10.2. The van der Waals surface area contributed by atoms with E-state index in [-0.39, 0.29) is 22.3 Å². The highest BCUT2D eigenvalue weighted by atomic mass is 32.2. The van der Waals surface area contributed by atoms with Crippen molar-refractivity contribution in [2.45, 2.75) is 29.7 Å². The lowest BCUT2D eigenvalue weighted by Gasteiger charge is -2.23. The molecule has 2 heterocycles. The van der Waals surface area contributed by atoms with Gasteiger partial charge in [-0.25, -0.2) is 4.39 Å². The maximum Gasteiger partial charge on any atom is 0.301 e. The van der Waals surface area contributed by atoms with Gasteiger partial charge in [0.15, 0.2) is 4.34 Å². The summed E-state index contributed by atoms with van der Waals surface area (Å²) in [5.74, 6) is -0.933. The minimum absolute atomic E-state index is 0.0925. The predicted molar refractivity (Wildman–Crippen MR) is 175 cm³/mol. The van der Waals surface area contributed by atoms with Gasteiger partial charge in [0, 0.05) is 11.3 Å². The second-order valence-corrected chi connectivity index (χ2v) is 12.4. The molecule has 232 valence electrons. The molecule has 8 nitrogen and oxygen atoms in total. The van der Waals surface area contributed by atoms with Gasteiger partial charge in [0.25, 0.3) is 5.78 Å². The van der Waals surface area contributed by atoms with Crippen molar-refractivity contribution in [3.63, 3.8) is 0 Å². The van der Waals surface area contributed by atoms with E-state index in [2.05, 4.69) is 10.2 Å². The van der Waals surface area contributed by atoms with Gasteiger partial charge in [-0.1, -0.05) is 83.8 Å². The van der Waals surface area contributed by atoms with Gasteiger partial charge >= 0.3 is 5.91 Å². The number of halogens is 1. The number of Topliss-reactive ketones (excluding diaryl/α,β-unsaturated/α-hetero) is 1. The lowest BCUT2D eigenvalue weighted by Crippen LogP contribution is -2.29. The van der Waals surface area contributed by atoms with Crippen LogP contribution in [0.15, 0.2) is 113 Å². The number of aliphatic hydroxyl groups is 1. The number of aliphatic hydroxyl groups excluding tert-OH is 1. The molecule has 46 heavy (non-hydrogen) atoms. The van der Waals surface area contributed by atoms with Crippen LogP contribution >= 0.6 is 23.1 Å². The van der Waals surface area contributed by atoms with Crippen LogP contribution in [0.1, 0.15) is 35.2 Å². The van der Waals surface area contributed by atoms with Gasteiger partial charge < -0.3 is 14.6 Å². The molecule has 1 aliphatic rings. The number of nitrogens with zero attached hydrogens (tertiary/aromatic N) is 3. The minimum atomic E-state index is -1.02. The molecule has 6 rings (SSSR count). The highest BCUT2D eigenvalue weighted by Gasteiger charge is 2.48. The molecular formula is C35H28FN3O5S2. The fraction of sp³-hybridized carbons (Fsp3) is 0.143. The first-order valence-electron chi connectivity index (χ1n) is 14.4. The van der Waals surface area contributed by atoms with Crippen LogP contribution in [0, 0.1) is 5.82 Å². The average Bonchev–Trinajstić information content (AvgIpc) is 3.65. The van der Waals surface area contributed by atoms with Crippen molar-refractivity contribution in [2.75, 3.05) is 11.5 Å². The average molecular weight is 654 g/mol. The predicted octanol–water partition coefficient (Wildman–Crippen LogP) is 7.57. The summed E-state index contributed by atoms with van der Waals surface area (Å²) < 4.78 is 26.3. The van der Waals surface area contributed by atoms with Crippen LogP contribution < -0.4 is 14.4 Å². The van der Waals surface area contributed by atoms with Crippen LogP contribution in [0.2, 0.25) is 0 Å². The van der Waals surface area contributed by atoms with E-state index in [0.717, 1.165) is 16.9 Å². The number of ketones is 1. The number of carbonyl (C=O) groups excluding carboxylic acids is 2. The zero-order valence-corrected chi connectivity index (χ0v) is 26.3. The maximum absolute atomic E-state index is 14.2. The molecule has 1 fully saturated rings. The molecule has 1 aliphatic heterocycles. The largest absolute Gasteiger partial charge is 0.507 e. The van der Waals surface area contributed by atoms with Crippen molar-refractivity contribution in [3.05, 3.63) is 137 Å². The molecular weight excluding hydrogens is 626 g/mol. The minimum Gasteiger partial charge on any atom is -0.507 e. The molecule has 0 aliphatic carbocycles. The standard InChI is InChI=1S/C35H28FN3O5S2/c1-2-43-26-17-15-23(16-18-26)31(40)29-30(24-12-8-13-27(19-24)44-20-22-9-4-3-5-10-22)39(33(42)32(29)41)34-37-38-35(46-34)45-21-25-11-6-7-14-28(25)36/h3-19,30,40H,2,20-21H2,1H3. The molecule has 1 unspecified atom stereocenters. The van der Waals surface area contributed by atoms with Crippen LogP contribution in [-0.4, -0.2) is 33.6 Å². The molecule has 0 bridgehead atoms. The summed E-state index contributed by atoms with van der Waals surface area (Å²) >= 11 is 2.38. The van der Waals surface area contributed by atoms with Gasteiger partial charge in [0.2, 0.25) is 5.13 Å². The molecule has 5 aromatic rings. The van der Waals surface area contributed by atoms with E-state index in [1.54, 1.807) is 66.7 Å². The first-order chi connectivity index (χ1) is 22.4. The van der Waals surface area contributed by atoms with E-state index >= 15 is 0 Å². The summed E-state index contributed by atoms with van der Waals surface area (Å²) in [5, 5.41) is 20.2. The Morgan fingerprint density at radius 3 is 2.43 bits per heavy atom. The molecule has 1 aromatic heterocycles. The third-order valence-corrected chi connectivity index (χ3v) is 9.32. The summed E-state index contributed by atoms with van der Waals surface area (Å²) in [7, 11) is 0. The Morgan fingerprint density at radius 1 is 0.913 bits per heavy atom. The summed E-state index contributed by atoms with van der Waals surface area (Å²) in [5.41, 5.74) is 2.27. The van der Waals surface area contributed by atoms with E-state index < -0.39 is 17.7 Å². The number of benzene rings is 4. The Labute approximate surface area is 273 Å². The zero-order chi connectivity index (χ0) is 32.0. The van der Waals surface area contributed by atoms with Crippen molar-refractivity contribution in [3.8, 4) is 11.5 Å². The Kier molecular flexibility index (Phi) is 9.41. The molecule has 4 aromatic carbocycles. The van der Waals surface area contributed by atoms with Crippen molar-refractivity contribution < 1.29 is 28.6 Å². The SMILES string of the molecule is CCOc1ccc(C(O)=C2C(=O)C(=O)N(c3nnc(SCc4ccccc4F)s3)C2c2cccc(OCc3ccccc3)c2)cc1. The van der Waals surface area contributed by atoms with Gasteiger partial charge in [-0.15, -0.1) is 10.2 Å². The van der Waals surface area contributed by atoms with Crippen LogP contribution in [0.4, 0.5) is 9.52 Å². The Bertz CT molecular complexity index is 1900. The summed E-state index contributed by atoms with van der Waals surface area (Å²) in [4.78, 5) is 28.6. The van der Waals surface area contributed by atoms with Gasteiger partial charge in [-0.2, -0.15) is 0 Å². The number of carbonyl (C=O) groups is 2. The number of amides is 1. The molecule has 1 saturated heterocycles. The second kappa shape index (κ2) is 14.0. The zero-order valence-electron chi connectivity index (χ0n) is 24.6. The van der Waals surface area contributed by atoms with Gasteiger partial charge in [0.1, 0.15) is 29.7 Å². The van der Waals surface area contributed by atoms with Crippen molar-refractivity contribution in [1.82, 2.24) is 10.2 Å². The Balaban J connectivity index is 1.37. The first kappa shape index (κ1) is 31.0. The van der Waals surface area contributed by atoms with Crippen LogP contribution in [-0.2, 0) is 21.9 Å². The third kappa shape index (κ3) is 6.65. The van der Waals surface area contributed by atoms with Gasteiger partial charge in [0.05, 0.1) is 18.2 Å². The van der Waals surface area contributed by atoms with E-state index in [1.807, 2.05) is 37.3 Å². The van der Waals surface area contributed by atoms with E-state index in [0.29, 0.717) is 51.5 Å². The van der Waals surface area contributed by atoms with Crippen LogP contribution in [0.3, 0.4) is 0 Å². The number of hydrogen-bond acceptors (Lipinski definition) is 9. The monoisotopic (exact) mass is 653 g/mol. The fourth-order valence-electron chi connectivity index (χ4n) is 5.00. The number of hydrogen-bond donors (Lipinski definition) is 1. The molecule has 0 spiro atoms. The van der Waals surface area contributed by atoms with E-state index in [9.17, 15) is 19.1 Å². The van der Waals surface area contributed by atoms with Gasteiger partial charge in [-0.05, 0) is 66.1 Å². The smallest absolute Gasteiger partial charge is 0.301 e. The van der Waals surface area contributed by atoms with Gasteiger partial charge in [-0.3, -0.25) is 14.5 Å². The molecule has 0 saturated carbocycles. The lowest BCUT2D eigenvalue weighted by molar-refractivity contribution is -0.132. The number of ether oxygens (including phenoxy) is 2. The number of anilines is 1. The first-order valence-corrected chi connectivity index (χ1v) is 16.2. The summed E-state index contributed by atoms with van der Waals surface area (Å²) in [6.45, 7) is 2.65. The van der Waals surface area contributed by atoms with Crippen molar-refractivity contribution >= 4 is 45.7 Å². The van der Waals surface area contributed by atoms with E-state index in [1.165, 1.54) is 22.7 Å². The summed E-state index contributed by atoms with van der Waals surface area (Å²) in [6, 6.07) is 28.8. The van der Waals surface area contributed by atoms with Crippen LogP contribution in [0.5, 0.6) is 11.5 Å². The lowest BCUT2D eigenvalue weighted by atomic mass is 9.95. The topological polar surface area (TPSA) is 102 Å². The van der Waals surface area contributed by atoms with Crippen molar-refractivity contribution in [1.29, 1.82) is 0 Å². The third-order valence-electron chi connectivity index (χ3n) is 7.22. The molecule has 11 heteroatoms. The normalized spacial score (nSPS) is 15.7. The number of thioether (sulfide) groups is 1. The Hall–Kier alpha value is -5.00. The molecule has 0 radical (unpaired) electrons. The quantitative estimate of drug-likeness (QED) is 0.0512. The fourth-order valence-corrected chi connectivity index (χ4v) is 6.86. The van der Waals surface area contributed by atoms with E-state index in [4.69, 9.17) is 9.47 Å². The molecule has 1 atom stereocenters. The Morgan fingerprint density at radius 2 is 1.67 bits per heavy atom.